The molecule has 2 aromatic carbocycles. The first-order valence-corrected chi connectivity index (χ1v) is 13.5. The summed E-state index contributed by atoms with van der Waals surface area (Å²) in [5, 5.41) is 2.62. The number of rotatable bonds is 9. The summed E-state index contributed by atoms with van der Waals surface area (Å²) in [4.78, 5) is 12.7. The zero-order valence-corrected chi connectivity index (χ0v) is 20.6. The number of benzene rings is 2. The molecule has 180 valence electrons. The highest BCUT2D eigenvalue weighted by molar-refractivity contribution is 7.89. The number of aryl methyl sites for hydroxylation is 2. The van der Waals surface area contributed by atoms with Crippen molar-refractivity contribution in [3.63, 3.8) is 0 Å². The second-order valence-electron chi connectivity index (χ2n) is 7.90. The fourth-order valence-corrected chi connectivity index (χ4v) is 6.68. The van der Waals surface area contributed by atoms with E-state index in [0.717, 1.165) is 18.4 Å². The Bertz CT molecular complexity index is 1240. The van der Waals surface area contributed by atoms with E-state index >= 15 is 0 Å². The molecule has 3 rings (SSSR count). The van der Waals surface area contributed by atoms with E-state index in [1.807, 2.05) is 13.0 Å². The van der Waals surface area contributed by atoms with Gasteiger partial charge in [0.1, 0.15) is 10.6 Å². The first-order chi connectivity index (χ1) is 15.6. The summed E-state index contributed by atoms with van der Waals surface area (Å²) in [5.74, 6) is -0.346. The Kier molecular flexibility index (Phi) is 7.78. The number of hydrogen-bond acceptors (Lipinski definition) is 6. The molecule has 11 heteroatoms. The van der Waals surface area contributed by atoms with Crippen molar-refractivity contribution < 1.29 is 26.4 Å². The van der Waals surface area contributed by atoms with Gasteiger partial charge in [-0.2, -0.15) is 4.31 Å². The fraction of sp³-hybridized carbons (Fsp3) is 0.409. The van der Waals surface area contributed by atoms with E-state index in [0.29, 0.717) is 18.7 Å². The van der Waals surface area contributed by atoms with E-state index in [4.69, 9.17) is 4.74 Å². The Labute approximate surface area is 195 Å². The molecule has 0 aromatic heterocycles. The van der Waals surface area contributed by atoms with Crippen molar-refractivity contribution in [1.82, 2.24) is 14.3 Å². The van der Waals surface area contributed by atoms with Crippen LogP contribution in [0.5, 0.6) is 5.75 Å². The van der Waals surface area contributed by atoms with Crippen LogP contribution in [0, 0.1) is 13.8 Å². The minimum absolute atomic E-state index is 0.0173. The van der Waals surface area contributed by atoms with E-state index in [-0.39, 0.29) is 34.2 Å². The van der Waals surface area contributed by atoms with Crippen LogP contribution in [0.25, 0.3) is 0 Å². The van der Waals surface area contributed by atoms with Gasteiger partial charge in [0.2, 0.25) is 20.0 Å². The average Bonchev–Trinajstić information content (AvgIpc) is 3.33. The van der Waals surface area contributed by atoms with Gasteiger partial charge in [-0.25, -0.2) is 21.6 Å². The van der Waals surface area contributed by atoms with Crippen molar-refractivity contribution in [2.75, 3.05) is 33.3 Å². The van der Waals surface area contributed by atoms with Gasteiger partial charge in [0.05, 0.1) is 12.0 Å². The number of carbonyl (C=O) groups is 1. The Morgan fingerprint density at radius 1 is 0.970 bits per heavy atom. The SMILES string of the molecule is COc1ccc(C(=O)NCCNS(=O)(=O)c2cc(C)ccc2C)cc1S(=O)(=O)N1CCCC1. The second kappa shape index (κ2) is 10.2. The molecule has 0 aliphatic carbocycles. The van der Waals surface area contributed by atoms with Gasteiger partial charge in [-0.3, -0.25) is 4.79 Å². The number of sulfonamides is 2. The van der Waals surface area contributed by atoms with Crippen molar-refractivity contribution in [3.8, 4) is 5.75 Å². The number of nitrogens with zero attached hydrogens (tertiary/aromatic N) is 1. The third-order valence-corrected chi connectivity index (χ3v) is 8.97. The van der Waals surface area contributed by atoms with E-state index in [1.54, 1.807) is 19.1 Å². The highest BCUT2D eigenvalue weighted by Crippen LogP contribution is 2.29. The van der Waals surface area contributed by atoms with E-state index in [9.17, 15) is 21.6 Å². The van der Waals surface area contributed by atoms with Crippen LogP contribution in [0.2, 0.25) is 0 Å². The number of hydrogen-bond donors (Lipinski definition) is 2. The van der Waals surface area contributed by atoms with Crippen molar-refractivity contribution >= 4 is 26.0 Å². The zero-order chi connectivity index (χ0) is 24.2. The number of ether oxygens (including phenoxy) is 1. The third kappa shape index (κ3) is 5.72. The molecule has 0 atom stereocenters. The second-order valence-corrected chi connectivity index (χ2v) is 11.5. The minimum atomic E-state index is -3.78. The highest BCUT2D eigenvalue weighted by Gasteiger charge is 2.30. The van der Waals surface area contributed by atoms with E-state index in [2.05, 4.69) is 10.0 Å². The molecule has 2 aromatic rings. The smallest absolute Gasteiger partial charge is 0.251 e. The molecule has 0 radical (unpaired) electrons. The lowest BCUT2D eigenvalue weighted by Gasteiger charge is -2.18. The third-order valence-electron chi connectivity index (χ3n) is 5.44. The topological polar surface area (TPSA) is 122 Å². The predicted octanol–water partition coefficient (Wildman–Crippen LogP) is 1.80. The molecule has 1 aliphatic heterocycles. The van der Waals surface area contributed by atoms with Gasteiger partial charge in [0.25, 0.3) is 5.91 Å². The maximum absolute atomic E-state index is 13.0. The van der Waals surface area contributed by atoms with Crippen molar-refractivity contribution in [2.24, 2.45) is 0 Å². The molecule has 1 fully saturated rings. The Hall–Kier alpha value is -2.47. The van der Waals surface area contributed by atoms with Crippen molar-refractivity contribution in [1.29, 1.82) is 0 Å². The number of methoxy groups -OCH3 is 1. The number of nitrogens with one attached hydrogen (secondary N) is 2. The first-order valence-electron chi connectivity index (χ1n) is 10.6. The summed E-state index contributed by atoms with van der Waals surface area (Å²) in [7, 11) is -6.13. The number of carbonyl (C=O) groups excluding carboxylic acids is 1. The number of amides is 1. The molecular weight excluding hydrogens is 466 g/mol. The maximum atomic E-state index is 13.0. The van der Waals surface area contributed by atoms with Crippen LogP contribution < -0.4 is 14.8 Å². The first kappa shape index (κ1) is 25.2. The van der Waals surface area contributed by atoms with Crippen molar-refractivity contribution in [2.45, 2.75) is 36.5 Å². The zero-order valence-electron chi connectivity index (χ0n) is 18.9. The molecule has 1 amide bonds. The summed E-state index contributed by atoms with van der Waals surface area (Å²) in [6, 6.07) is 9.38. The summed E-state index contributed by atoms with van der Waals surface area (Å²) >= 11 is 0. The molecular formula is C22H29N3O6S2. The van der Waals surface area contributed by atoms with Gasteiger partial charge >= 0.3 is 0 Å². The summed E-state index contributed by atoms with van der Waals surface area (Å²) in [5.41, 5.74) is 1.60. The molecule has 1 aliphatic rings. The molecule has 33 heavy (non-hydrogen) atoms. The quantitative estimate of drug-likeness (QED) is 0.512. The van der Waals surface area contributed by atoms with Crippen LogP contribution >= 0.6 is 0 Å². The van der Waals surface area contributed by atoms with Crippen LogP contribution in [0.15, 0.2) is 46.2 Å². The average molecular weight is 496 g/mol. The summed E-state index contributed by atoms with van der Waals surface area (Å²) < 4.78 is 60.2. The lowest BCUT2D eigenvalue weighted by Crippen LogP contribution is -2.35. The Balaban J connectivity index is 1.67. The lowest BCUT2D eigenvalue weighted by atomic mass is 10.2. The molecule has 1 saturated heterocycles. The molecule has 0 saturated carbocycles. The van der Waals surface area contributed by atoms with Crippen LogP contribution in [0.3, 0.4) is 0 Å². The summed E-state index contributed by atoms with van der Waals surface area (Å²) in [6.07, 6.45) is 1.58. The van der Waals surface area contributed by atoms with Crippen LogP contribution in [0.4, 0.5) is 0 Å². The normalized spacial score (nSPS) is 14.9. The largest absolute Gasteiger partial charge is 0.495 e. The standard InChI is InChI=1S/C22H29N3O6S2/c1-16-6-7-17(2)20(14-16)32(27,28)24-11-10-23-22(26)18-8-9-19(31-3)21(15-18)33(29,30)25-12-4-5-13-25/h6-9,14-15,24H,4-5,10-13H2,1-3H3,(H,23,26). The minimum Gasteiger partial charge on any atom is -0.495 e. The van der Waals surface area contributed by atoms with Gasteiger partial charge in [-0.15, -0.1) is 0 Å². The van der Waals surface area contributed by atoms with E-state index in [1.165, 1.54) is 29.6 Å². The van der Waals surface area contributed by atoms with Gasteiger partial charge in [-0.05, 0) is 62.1 Å². The van der Waals surface area contributed by atoms with Gasteiger partial charge in [0, 0.05) is 31.7 Å². The van der Waals surface area contributed by atoms with Crippen LogP contribution in [-0.2, 0) is 20.0 Å². The lowest BCUT2D eigenvalue weighted by molar-refractivity contribution is 0.0954. The predicted molar refractivity (Wildman–Crippen MR) is 124 cm³/mol. The fourth-order valence-electron chi connectivity index (χ4n) is 3.63. The molecule has 1 heterocycles. The molecule has 0 bridgehead atoms. The molecule has 2 N–H and O–H groups in total. The van der Waals surface area contributed by atoms with Gasteiger partial charge in [-0.1, -0.05) is 12.1 Å². The summed E-state index contributed by atoms with van der Waals surface area (Å²) in [6.45, 7) is 4.41. The monoisotopic (exact) mass is 495 g/mol. The molecule has 0 spiro atoms. The maximum Gasteiger partial charge on any atom is 0.251 e. The van der Waals surface area contributed by atoms with E-state index < -0.39 is 26.0 Å². The van der Waals surface area contributed by atoms with Crippen LogP contribution in [-0.4, -0.2) is 60.3 Å². The highest BCUT2D eigenvalue weighted by atomic mass is 32.2. The van der Waals surface area contributed by atoms with Gasteiger partial charge < -0.3 is 10.1 Å². The Morgan fingerprint density at radius 3 is 2.33 bits per heavy atom. The molecule has 0 unspecified atom stereocenters. The molecule has 9 nitrogen and oxygen atoms in total. The van der Waals surface area contributed by atoms with Gasteiger partial charge in [0.15, 0.2) is 0 Å². The van der Waals surface area contributed by atoms with Crippen LogP contribution in [0.1, 0.15) is 34.3 Å². The Morgan fingerprint density at radius 2 is 1.67 bits per heavy atom. The van der Waals surface area contributed by atoms with Crippen molar-refractivity contribution in [3.05, 3.63) is 53.1 Å².